The van der Waals surface area contributed by atoms with E-state index >= 15 is 0 Å². The van der Waals surface area contributed by atoms with Crippen LogP contribution in [0.15, 0.2) is 40.9 Å². The highest BCUT2D eigenvalue weighted by Crippen LogP contribution is 2.34. The van der Waals surface area contributed by atoms with Crippen molar-refractivity contribution in [2.24, 2.45) is 5.92 Å². The fourth-order valence-corrected chi connectivity index (χ4v) is 3.59. The van der Waals surface area contributed by atoms with Crippen LogP contribution in [0.2, 0.25) is 0 Å². The maximum atomic E-state index is 3.67. The average Bonchev–Trinajstić information content (AvgIpc) is 2.48. The Labute approximate surface area is 129 Å². The molecule has 0 aromatic heterocycles. The molecule has 1 heterocycles. The SMILES string of the molecule is CC(C)C1CNCCN1c1ccc(Br)c2ccccc12. The van der Waals surface area contributed by atoms with Gasteiger partial charge in [0.25, 0.3) is 0 Å². The van der Waals surface area contributed by atoms with E-state index in [-0.39, 0.29) is 0 Å². The van der Waals surface area contributed by atoms with Crippen LogP contribution in [0.25, 0.3) is 10.8 Å². The highest BCUT2D eigenvalue weighted by molar-refractivity contribution is 9.10. The summed E-state index contributed by atoms with van der Waals surface area (Å²) in [6.45, 7) is 7.83. The number of hydrogen-bond donors (Lipinski definition) is 1. The fraction of sp³-hybridized carbons (Fsp3) is 0.412. The number of hydrogen-bond acceptors (Lipinski definition) is 2. The zero-order valence-corrected chi connectivity index (χ0v) is 13.7. The maximum Gasteiger partial charge on any atom is 0.0450 e. The van der Waals surface area contributed by atoms with Crippen LogP contribution < -0.4 is 10.2 Å². The summed E-state index contributed by atoms with van der Waals surface area (Å²) in [6.07, 6.45) is 0. The van der Waals surface area contributed by atoms with Gasteiger partial charge in [0.05, 0.1) is 0 Å². The largest absolute Gasteiger partial charge is 0.365 e. The Bertz CT molecular complexity index is 609. The van der Waals surface area contributed by atoms with E-state index in [0.717, 1.165) is 19.6 Å². The predicted molar refractivity (Wildman–Crippen MR) is 90.5 cm³/mol. The smallest absolute Gasteiger partial charge is 0.0450 e. The number of benzene rings is 2. The van der Waals surface area contributed by atoms with Crippen molar-refractivity contribution in [2.45, 2.75) is 19.9 Å². The van der Waals surface area contributed by atoms with Crippen molar-refractivity contribution in [1.82, 2.24) is 5.32 Å². The molecule has 3 rings (SSSR count). The van der Waals surface area contributed by atoms with Gasteiger partial charge in [0.2, 0.25) is 0 Å². The molecule has 2 aromatic rings. The van der Waals surface area contributed by atoms with E-state index < -0.39 is 0 Å². The van der Waals surface area contributed by atoms with Gasteiger partial charge in [0.15, 0.2) is 0 Å². The van der Waals surface area contributed by atoms with E-state index in [0.29, 0.717) is 12.0 Å². The van der Waals surface area contributed by atoms with Crippen LogP contribution in [0.3, 0.4) is 0 Å². The van der Waals surface area contributed by atoms with E-state index in [9.17, 15) is 0 Å². The number of halogens is 1. The zero-order chi connectivity index (χ0) is 14.1. The molecule has 1 atom stereocenters. The van der Waals surface area contributed by atoms with Gasteiger partial charge in [0, 0.05) is 41.2 Å². The maximum absolute atomic E-state index is 3.67. The monoisotopic (exact) mass is 332 g/mol. The van der Waals surface area contributed by atoms with E-state index in [1.165, 1.54) is 20.9 Å². The van der Waals surface area contributed by atoms with Gasteiger partial charge in [-0.05, 0) is 23.4 Å². The molecule has 1 aliphatic heterocycles. The molecule has 0 radical (unpaired) electrons. The third-order valence-electron chi connectivity index (χ3n) is 4.21. The second kappa shape index (κ2) is 5.74. The summed E-state index contributed by atoms with van der Waals surface area (Å²) >= 11 is 3.67. The van der Waals surface area contributed by atoms with E-state index in [4.69, 9.17) is 0 Å². The van der Waals surface area contributed by atoms with Gasteiger partial charge in [0.1, 0.15) is 0 Å². The lowest BCUT2D eigenvalue weighted by Gasteiger charge is -2.41. The minimum absolute atomic E-state index is 0.563. The average molecular weight is 333 g/mol. The van der Waals surface area contributed by atoms with Crippen LogP contribution in [0.5, 0.6) is 0 Å². The first-order chi connectivity index (χ1) is 9.68. The van der Waals surface area contributed by atoms with Gasteiger partial charge < -0.3 is 10.2 Å². The van der Waals surface area contributed by atoms with Crippen molar-refractivity contribution in [3.8, 4) is 0 Å². The van der Waals surface area contributed by atoms with Crippen molar-refractivity contribution >= 4 is 32.4 Å². The molecule has 1 aliphatic rings. The van der Waals surface area contributed by atoms with Crippen LogP contribution in [0, 0.1) is 5.92 Å². The molecule has 0 spiro atoms. The van der Waals surface area contributed by atoms with Crippen LogP contribution in [-0.4, -0.2) is 25.7 Å². The quantitative estimate of drug-likeness (QED) is 0.892. The molecule has 20 heavy (non-hydrogen) atoms. The standard InChI is InChI=1S/C17H21BrN2/c1-12(2)17-11-19-9-10-20(17)16-8-7-15(18)13-5-3-4-6-14(13)16/h3-8,12,17,19H,9-11H2,1-2H3. The summed E-state index contributed by atoms with van der Waals surface area (Å²) in [4.78, 5) is 2.58. The lowest BCUT2D eigenvalue weighted by Crippen LogP contribution is -2.53. The summed E-state index contributed by atoms with van der Waals surface area (Å²) in [6, 6.07) is 13.7. The first-order valence-corrected chi connectivity index (χ1v) is 8.12. The highest BCUT2D eigenvalue weighted by Gasteiger charge is 2.26. The molecule has 0 bridgehead atoms. The predicted octanol–water partition coefficient (Wildman–Crippen LogP) is 4.04. The Morgan fingerprint density at radius 2 is 1.90 bits per heavy atom. The first-order valence-electron chi connectivity index (χ1n) is 7.33. The van der Waals surface area contributed by atoms with Crippen LogP contribution in [-0.2, 0) is 0 Å². The normalized spacial score (nSPS) is 19.8. The molecule has 1 unspecified atom stereocenters. The van der Waals surface area contributed by atoms with E-state index in [1.807, 2.05) is 0 Å². The summed E-state index contributed by atoms with van der Waals surface area (Å²) in [5, 5.41) is 6.16. The number of nitrogens with zero attached hydrogens (tertiary/aromatic N) is 1. The molecule has 0 saturated carbocycles. The number of piperazine rings is 1. The molecule has 1 fully saturated rings. The number of rotatable bonds is 2. The van der Waals surface area contributed by atoms with Crippen LogP contribution >= 0.6 is 15.9 Å². The topological polar surface area (TPSA) is 15.3 Å². The van der Waals surface area contributed by atoms with Crippen LogP contribution in [0.1, 0.15) is 13.8 Å². The van der Waals surface area contributed by atoms with Gasteiger partial charge in [-0.1, -0.05) is 54.0 Å². The Hall–Kier alpha value is -1.06. The number of anilines is 1. The summed E-state index contributed by atoms with van der Waals surface area (Å²) in [7, 11) is 0. The van der Waals surface area contributed by atoms with E-state index in [2.05, 4.69) is 76.4 Å². The van der Waals surface area contributed by atoms with Crippen molar-refractivity contribution in [2.75, 3.05) is 24.5 Å². The number of fused-ring (bicyclic) bond motifs is 1. The molecule has 3 heteroatoms. The van der Waals surface area contributed by atoms with Crippen LogP contribution in [0.4, 0.5) is 5.69 Å². The lowest BCUT2D eigenvalue weighted by molar-refractivity contribution is 0.391. The molecule has 2 aromatic carbocycles. The van der Waals surface area contributed by atoms with Gasteiger partial charge in [-0.25, -0.2) is 0 Å². The molecule has 2 nitrogen and oxygen atoms in total. The van der Waals surface area contributed by atoms with Gasteiger partial charge in [-0.3, -0.25) is 0 Å². The Kier molecular flexibility index (Phi) is 3.99. The Balaban J connectivity index is 2.11. The van der Waals surface area contributed by atoms with Gasteiger partial charge in [-0.15, -0.1) is 0 Å². The summed E-state index contributed by atoms with van der Waals surface area (Å²) < 4.78 is 1.17. The van der Waals surface area contributed by atoms with Crippen molar-refractivity contribution < 1.29 is 0 Å². The molecular formula is C17H21BrN2. The molecule has 1 N–H and O–H groups in total. The number of nitrogens with one attached hydrogen (secondary N) is 1. The third-order valence-corrected chi connectivity index (χ3v) is 4.90. The fourth-order valence-electron chi connectivity index (χ4n) is 3.12. The molecular weight excluding hydrogens is 312 g/mol. The molecule has 106 valence electrons. The highest BCUT2D eigenvalue weighted by atomic mass is 79.9. The molecule has 1 saturated heterocycles. The third kappa shape index (κ3) is 2.45. The van der Waals surface area contributed by atoms with Gasteiger partial charge in [-0.2, -0.15) is 0 Å². The summed E-state index contributed by atoms with van der Waals surface area (Å²) in [5.74, 6) is 0.644. The molecule has 0 amide bonds. The first kappa shape index (κ1) is 13.9. The summed E-state index contributed by atoms with van der Waals surface area (Å²) in [5.41, 5.74) is 1.36. The Morgan fingerprint density at radius 1 is 1.15 bits per heavy atom. The van der Waals surface area contributed by atoms with Crippen molar-refractivity contribution in [1.29, 1.82) is 0 Å². The van der Waals surface area contributed by atoms with Crippen molar-refractivity contribution in [3.05, 3.63) is 40.9 Å². The second-order valence-electron chi connectivity index (χ2n) is 5.82. The minimum Gasteiger partial charge on any atom is -0.365 e. The lowest BCUT2D eigenvalue weighted by atomic mass is 9.98. The minimum atomic E-state index is 0.563. The van der Waals surface area contributed by atoms with Crippen molar-refractivity contribution in [3.63, 3.8) is 0 Å². The zero-order valence-electron chi connectivity index (χ0n) is 12.1. The van der Waals surface area contributed by atoms with Gasteiger partial charge >= 0.3 is 0 Å². The van der Waals surface area contributed by atoms with E-state index in [1.54, 1.807) is 0 Å². The molecule has 0 aliphatic carbocycles. The Morgan fingerprint density at radius 3 is 2.65 bits per heavy atom. The second-order valence-corrected chi connectivity index (χ2v) is 6.68.